The van der Waals surface area contributed by atoms with E-state index in [1.165, 1.54) is 4.88 Å². The van der Waals surface area contributed by atoms with Crippen molar-refractivity contribution in [2.75, 3.05) is 32.7 Å². The maximum Gasteiger partial charge on any atom is 0.223 e. The molecule has 1 aromatic rings. The fourth-order valence-electron chi connectivity index (χ4n) is 2.06. The summed E-state index contributed by atoms with van der Waals surface area (Å²) in [5, 5.41) is 2.11. The minimum Gasteiger partial charge on any atom is -0.340 e. The summed E-state index contributed by atoms with van der Waals surface area (Å²) in [7, 11) is 0. The van der Waals surface area contributed by atoms with E-state index >= 15 is 0 Å². The van der Waals surface area contributed by atoms with Crippen LogP contribution < -0.4 is 5.73 Å². The first-order valence-electron chi connectivity index (χ1n) is 6.02. The van der Waals surface area contributed by atoms with Crippen LogP contribution in [0.4, 0.5) is 0 Å². The van der Waals surface area contributed by atoms with Crippen LogP contribution in [0.3, 0.4) is 0 Å². The van der Waals surface area contributed by atoms with Crippen molar-refractivity contribution in [3.8, 4) is 0 Å². The predicted octanol–water partition coefficient (Wildman–Crippen LogP) is 1.58. The highest BCUT2D eigenvalue weighted by Crippen LogP contribution is 2.13. The van der Waals surface area contributed by atoms with Crippen molar-refractivity contribution in [3.05, 3.63) is 22.4 Å². The predicted molar refractivity (Wildman–Crippen MR) is 84.3 cm³/mol. The standard InChI is InChI=1S/C12H19N3OS.2ClH/c13-4-3-12(16)15-7-5-14(6-8-15)10-11-2-1-9-17-11;;/h1-2,9H,3-8,10,13H2;2*1H. The van der Waals surface area contributed by atoms with Crippen LogP contribution >= 0.6 is 36.2 Å². The fourth-order valence-corrected chi connectivity index (χ4v) is 2.81. The molecule has 4 nitrogen and oxygen atoms in total. The molecule has 2 N–H and O–H groups in total. The summed E-state index contributed by atoms with van der Waals surface area (Å²) in [6.45, 7) is 5.07. The number of rotatable bonds is 4. The summed E-state index contributed by atoms with van der Waals surface area (Å²) in [6, 6.07) is 4.25. The van der Waals surface area contributed by atoms with Gasteiger partial charge in [-0.05, 0) is 11.4 Å². The molecule has 0 aliphatic carbocycles. The highest BCUT2D eigenvalue weighted by Gasteiger charge is 2.20. The van der Waals surface area contributed by atoms with E-state index in [0.717, 1.165) is 32.7 Å². The monoisotopic (exact) mass is 325 g/mol. The van der Waals surface area contributed by atoms with E-state index in [4.69, 9.17) is 5.73 Å². The molecule has 2 heterocycles. The molecule has 0 saturated carbocycles. The molecular weight excluding hydrogens is 305 g/mol. The Hall–Kier alpha value is -0.330. The molecular formula is C12H21Cl2N3OS. The van der Waals surface area contributed by atoms with Gasteiger partial charge < -0.3 is 10.6 Å². The molecule has 0 aromatic carbocycles. The van der Waals surface area contributed by atoms with Gasteiger partial charge >= 0.3 is 0 Å². The van der Waals surface area contributed by atoms with Crippen molar-refractivity contribution < 1.29 is 4.79 Å². The molecule has 7 heteroatoms. The van der Waals surface area contributed by atoms with E-state index in [0.29, 0.717) is 13.0 Å². The second kappa shape index (κ2) is 9.55. The Morgan fingerprint density at radius 3 is 2.47 bits per heavy atom. The molecule has 2 rings (SSSR count). The van der Waals surface area contributed by atoms with Gasteiger partial charge in [0.15, 0.2) is 0 Å². The zero-order valence-electron chi connectivity index (χ0n) is 10.8. The fraction of sp³-hybridized carbons (Fsp3) is 0.583. The van der Waals surface area contributed by atoms with E-state index in [-0.39, 0.29) is 30.7 Å². The van der Waals surface area contributed by atoms with Crippen LogP contribution in [0.2, 0.25) is 0 Å². The molecule has 0 spiro atoms. The van der Waals surface area contributed by atoms with E-state index in [2.05, 4.69) is 22.4 Å². The van der Waals surface area contributed by atoms with Crippen molar-refractivity contribution in [1.82, 2.24) is 9.80 Å². The van der Waals surface area contributed by atoms with Crippen LogP contribution in [-0.2, 0) is 11.3 Å². The number of hydrogen-bond acceptors (Lipinski definition) is 4. The smallest absolute Gasteiger partial charge is 0.223 e. The van der Waals surface area contributed by atoms with Gasteiger partial charge in [0.05, 0.1) is 0 Å². The number of nitrogens with two attached hydrogens (primary N) is 1. The summed E-state index contributed by atoms with van der Waals surface area (Å²) in [4.78, 5) is 17.4. The lowest BCUT2D eigenvalue weighted by Gasteiger charge is -2.34. The van der Waals surface area contributed by atoms with Gasteiger partial charge in [-0.3, -0.25) is 9.69 Å². The van der Waals surface area contributed by atoms with Crippen LogP contribution in [0.1, 0.15) is 11.3 Å². The van der Waals surface area contributed by atoms with E-state index < -0.39 is 0 Å². The summed E-state index contributed by atoms with van der Waals surface area (Å²) >= 11 is 1.79. The van der Waals surface area contributed by atoms with Crippen molar-refractivity contribution in [3.63, 3.8) is 0 Å². The highest BCUT2D eigenvalue weighted by molar-refractivity contribution is 7.09. The molecule has 1 amide bonds. The van der Waals surface area contributed by atoms with E-state index in [1.54, 1.807) is 11.3 Å². The minimum absolute atomic E-state index is 0. The highest BCUT2D eigenvalue weighted by atomic mass is 35.5. The number of carbonyl (C=O) groups excluding carboxylic acids is 1. The Morgan fingerprint density at radius 1 is 1.26 bits per heavy atom. The number of thiophene rings is 1. The lowest BCUT2D eigenvalue weighted by atomic mass is 10.2. The van der Waals surface area contributed by atoms with Gasteiger partial charge in [-0.2, -0.15) is 0 Å². The number of hydrogen-bond donors (Lipinski definition) is 1. The lowest BCUT2D eigenvalue weighted by molar-refractivity contribution is -0.132. The second-order valence-corrected chi connectivity index (χ2v) is 5.31. The number of halogens is 2. The van der Waals surface area contributed by atoms with Crippen LogP contribution in [-0.4, -0.2) is 48.4 Å². The second-order valence-electron chi connectivity index (χ2n) is 4.27. The quantitative estimate of drug-likeness (QED) is 0.914. The lowest BCUT2D eigenvalue weighted by Crippen LogP contribution is -2.48. The average Bonchev–Trinajstić information content (AvgIpc) is 2.83. The topological polar surface area (TPSA) is 49.6 Å². The maximum absolute atomic E-state index is 11.7. The van der Waals surface area contributed by atoms with E-state index in [9.17, 15) is 4.79 Å². The summed E-state index contributed by atoms with van der Waals surface area (Å²) in [6.07, 6.45) is 0.477. The molecule has 110 valence electrons. The summed E-state index contributed by atoms with van der Waals surface area (Å²) in [5.74, 6) is 0.197. The first kappa shape index (κ1) is 18.7. The van der Waals surface area contributed by atoms with Gasteiger partial charge in [-0.25, -0.2) is 0 Å². The van der Waals surface area contributed by atoms with Crippen LogP contribution in [0.15, 0.2) is 17.5 Å². The molecule has 1 aliphatic rings. The third-order valence-corrected chi connectivity index (χ3v) is 3.90. The molecule has 0 bridgehead atoms. The Balaban J connectivity index is 0.00000162. The third-order valence-electron chi connectivity index (χ3n) is 3.04. The molecule has 1 saturated heterocycles. The Kier molecular flexibility index (Phi) is 9.39. The van der Waals surface area contributed by atoms with E-state index in [1.807, 2.05) is 4.90 Å². The van der Waals surface area contributed by atoms with Gasteiger partial charge in [-0.1, -0.05) is 6.07 Å². The van der Waals surface area contributed by atoms with Crippen LogP contribution in [0, 0.1) is 0 Å². The molecule has 1 aliphatic heterocycles. The van der Waals surface area contributed by atoms with Gasteiger partial charge in [0.1, 0.15) is 0 Å². The van der Waals surface area contributed by atoms with Crippen molar-refractivity contribution in [2.24, 2.45) is 5.73 Å². The SMILES string of the molecule is Cl.Cl.NCCC(=O)N1CCN(Cc2cccs2)CC1. The molecule has 0 atom stereocenters. The van der Waals surface area contributed by atoms with Gasteiger partial charge in [0, 0.05) is 50.6 Å². The normalized spacial score (nSPS) is 15.5. The number of amides is 1. The Labute approximate surface area is 130 Å². The zero-order valence-corrected chi connectivity index (χ0v) is 13.2. The molecule has 0 radical (unpaired) electrons. The molecule has 0 unspecified atom stereocenters. The minimum atomic E-state index is 0. The van der Waals surface area contributed by atoms with Crippen LogP contribution in [0.25, 0.3) is 0 Å². The first-order valence-corrected chi connectivity index (χ1v) is 6.90. The molecule has 1 aromatic heterocycles. The Bertz CT molecular complexity index is 354. The zero-order chi connectivity index (χ0) is 12.1. The molecule has 19 heavy (non-hydrogen) atoms. The maximum atomic E-state index is 11.7. The number of carbonyl (C=O) groups is 1. The summed E-state index contributed by atoms with van der Waals surface area (Å²) in [5.41, 5.74) is 5.40. The largest absolute Gasteiger partial charge is 0.340 e. The van der Waals surface area contributed by atoms with Gasteiger partial charge in [0.2, 0.25) is 5.91 Å². The number of piperazine rings is 1. The average molecular weight is 326 g/mol. The Morgan fingerprint density at radius 2 is 1.95 bits per heavy atom. The van der Waals surface area contributed by atoms with Gasteiger partial charge in [0.25, 0.3) is 0 Å². The van der Waals surface area contributed by atoms with Gasteiger partial charge in [-0.15, -0.1) is 36.2 Å². The number of nitrogens with zero attached hydrogens (tertiary/aromatic N) is 2. The van der Waals surface area contributed by atoms with Crippen molar-refractivity contribution >= 4 is 42.1 Å². The first-order chi connectivity index (χ1) is 8.29. The summed E-state index contributed by atoms with van der Waals surface area (Å²) < 4.78 is 0. The van der Waals surface area contributed by atoms with Crippen molar-refractivity contribution in [2.45, 2.75) is 13.0 Å². The third kappa shape index (κ3) is 5.67. The molecule has 1 fully saturated rings. The van der Waals surface area contributed by atoms with Crippen LogP contribution in [0.5, 0.6) is 0 Å². The van der Waals surface area contributed by atoms with Crippen molar-refractivity contribution in [1.29, 1.82) is 0 Å².